The number of aromatic nitrogens is 2. The second-order valence-electron chi connectivity index (χ2n) is 5.59. The zero-order valence-electron chi connectivity index (χ0n) is 11.4. The van der Waals surface area contributed by atoms with Crippen LogP contribution in [0.15, 0.2) is 24.3 Å². The average molecular weight is 243 g/mol. The number of imidazole rings is 1. The molecule has 0 unspecified atom stereocenters. The molecule has 3 nitrogen and oxygen atoms in total. The van der Waals surface area contributed by atoms with Gasteiger partial charge in [-0.05, 0) is 38.9 Å². The van der Waals surface area contributed by atoms with Crippen LogP contribution in [0.1, 0.15) is 32.0 Å². The van der Waals surface area contributed by atoms with Gasteiger partial charge in [0, 0.05) is 25.6 Å². The van der Waals surface area contributed by atoms with Crippen LogP contribution in [0.2, 0.25) is 0 Å². The first-order valence-electron chi connectivity index (χ1n) is 6.82. The third-order valence-electron chi connectivity index (χ3n) is 4.14. The minimum atomic E-state index is 0.588. The van der Waals surface area contributed by atoms with E-state index in [4.69, 9.17) is 4.98 Å². The molecule has 0 spiro atoms. The second-order valence-corrected chi connectivity index (χ2v) is 5.59. The van der Waals surface area contributed by atoms with Crippen molar-refractivity contribution in [1.29, 1.82) is 0 Å². The largest absolute Gasteiger partial charge is 0.331 e. The lowest BCUT2D eigenvalue weighted by atomic mass is 10.1. The fourth-order valence-corrected chi connectivity index (χ4v) is 3.00. The van der Waals surface area contributed by atoms with Crippen molar-refractivity contribution in [2.75, 3.05) is 13.1 Å². The van der Waals surface area contributed by atoms with E-state index in [9.17, 15) is 0 Å². The number of hydrogen-bond acceptors (Lipinski definition) is 2. The molecule has 0 radical (unpaired) electrons. The summed E-state index contributed by atoms with van der Waals surface area (Å²) in [6.07, 6.45) is 1.23. The lowest BCUT2D eigenvalue weighted by Crippen LogP contribution is -2.28. The molecule has 0 N–H and O–H groups in total. The van der Waals surface area contributed by atoms with Crippen molar-refractivity contribution in [2.24, 2.45) is 7.05 Å². The highest BCUT2D eigenvalue weighted by Crippen LogP contribution is 2.29. The number of aryl methyl sites for hydroxylation is 1. The number of nitrogens with zero attached hydrogens (tertiary/aromatic N) is 3. The molecule has 96 valence electrons. The molecule has 18 heavy (non-hydrogen) atoms. The van der Waals surface area contributed by atoms with Crippen LogP contribution in [0.3, 0.4) is 0 Å². The Morgan fingerprint density at radius 1 is 1.28 bits per heavy atom. The summed E-state index contributed by atoms with van der Waals surface area (Å²) >= 11 is 0. The van der Waals surface area contributed by atoms with Gasteiger partial charge in [-0.1, -0.05) is 12.1 Å². The topological polar surface area (TPSA) is 21.1 Å². The van der Waals surface area contributed by atoms with Gasteiger partial charge in [0.1, 0.15) is 5.82 Å². The molecule has 1 aromatic carbocycles. The number of para-hydroxylation sites is 2. The van der Waals surface area contributed by atoms with E-state index in [1.807, 2.05) is 0 Å². The van der Waals surface area contributed by atoms with Gasteiger partial charge < -0.3 is 9.47 Å². The Morgan fingerprint density at radius 3 is 2.72 bits per heavy atom. The Balaban J connectivity index is 1.93. The van der Waals surface area contributed by atoms with Crippen molar-refractivity contribution < 1.29 is 0 Å². The second kappa shape index (κ2) is 4.39. The molecule has 0 bridgehead atoms. The molecule has 0 amide bonds. The molecule has 0 aliphatic carbocycles. The van der Waals surface area contributed by atoms with E-state index in [0.29, 0.717) is 12.0 Å². The van der Waals surface area contributed by atoms with E-state index in [1.54, 1.807) is 0 Å². The third-order valence-corrected chi connectivity index (χ3v) is 4.14. The summed E-state index contributed by atoms with van der Waals surface area (Å²) in [5.74, 6) is 1.84. The zero-order valence-corrected chi connectivity index (χ0v) is 11.4. The Bertz CT molecular complexity index is 556. The summed E-state index contributed by atoms with van der Waals surface area (Å²) in [6, 6.07) is 9.05. The van der Waals surface area contributed by atoms with E-state index >= 15 is 0 Å². The molecular weight excluding hydrogens is 222 g/mol. The maximum atomic E-state index is 4.82. The van der Waals surface area contributed by atoms with E-state index in [1.165, 1.54) is 24.3 Å². The van der Waals surface area contributed by atoms with Crippen LogP contribution >= 0.6 is 0 Å². The molecule has 1 aliphatic heterocycles. The third kappa shape index (κ3) is 1.83. The number of hydrogen-bond donors (Lipinski definition) is 0. The average Bonchev–Trinajstić information content (AvgIpc) is 2.95. The summed E-state index contributed by atoms with van der Waals surface area (Å²) in [4.78, 5) is 7.37. The monoisotopic (exact) mass is 243 g/mol. The fourth-order valence-electron chi connectivity index (χ4n) is 3.00. The smallest absolute Gasteiger partial charge is 0.114 e. The maximum absolute atomic E-state index is 4.82. The first-order chi connectivity index (χ1) is 8.66. The Labute approximate surface area is 108 Å². The quantitative estimate of drug-likeness (QED) is 0.808. The minimum Gasteiger partial charge on any atom is -0.331 e. The lowest BCUT2D eigenvalue weighted by Gasteiger charge is -2.20. The van der Waals surface area contributed by atoms with Crippen LogP contribution < -0.4 is 0 Å². The highest BCUT2D eigenvalue weighted by Gasteiger charge is 2.28. The van der Waals surface area contributed by atoms with Gasteiger partial charge in [0.15, 0.2) is 0 Å². The Hall–Kier alpha value is -1.35. The van der Waals surface area contributed by atoms with Crippen LogP contribution in [0, 0.1) is 0 Å². The summed E-state index contributed by atoms with van der Waals surface area (Å²) < 4.78 is 2.27. The SMILES string of the molecule is CC(C)N1CC[C@H](c2nc3ccccc3n2C)C1. The van der Waals surface area contributed by atoms with Crippen molar-refractivity contribution in [1.82, 2.24) is 14.5 Å². The predicted molar refractivity (Wildman–Crippen MR) is 74.8 cm³/mol. The van der Waals surface area contributed by atoms with Gasteiger partial charge in [0.2, 0.25) is 0 Å². The van der Waals surface area contributed by atoms with E-state index in [-0.39, 0.29) is 0 Å². The molecule has 1 fully saturated rings. The fraction of sp³-hybridized carbons (Fsp3) is 0.533. The molecule has 1 aromatic heterocycles. The highest BCUT2D eigenvalue weighted by molar-refractivity contribution is 5.75. The Morgan fingerprint density at radius 2 is 2.06 bits per heavy atom. The molecule has 3 heteroatoms. The minimum absolute atomic E-state index is 0.588. The summed E-state index contributed by atoms with van der Waals surface area (Å²) in [5, 5.41) is 0. The van der Waals surface area contributed by atoms with Crippen molar-refractivity contribution in [3.8, 4) is 0 Å². The molecule has 1 atom stereocenters. The van der Waals surface area contributed by atoms with Gasteiger partial charge in [-0.25, -0.2) is 4.98 Å². The van der Waals surface area contributed by atoms with Crippen molar-refractivity contribution in [3.05, 3.63) is 30.1 Å². The number of rotatable bonds is 2. The maximum Gasteiger partial charge on any atom is 0.114 e. The number of likely N-dealkylation sites (tertiary alicyclic amines) is 1. The van der Waals surface area contributed by atoms with Gasteiger partial charge in [-0.2, -0.15) is 0 Å². The number of benzene rings is 1. The standard InChI is InChI=1S/C15H21N3/c1-11(2)18-9-8-12(10-18)15-16-13-6-4-5-7-14(13)17(15)3/h4-7,11-12H,8-10H2,1-3H3/t12-/m0/s1. The van der Waals surface area contributed by atoms with Crippen molar-refractivity contribution in [3.63, 3.8) is 0 Å². The number of fused-ring (bicyclic) bond motifs is 1. The lowest BCUT2D eigenvalue weighted by molar-refractivity contribution is 0.271. The predicted octanol–water partition coefficient (Wildman–Crippen LogP) is 2.77. The first kappa shape index (κ1) is 11.7. The first-order valence-corrected chi connectivity index (χ1v) is 6.82. The highest BCUT2D eigenvalue weighted by atomic mass is 15.2. The van der Waals surface area contributed by atoms with Gasteiger partial charge in [0.25, 0.3) is 0 Å². The van der Waals surface area contributed by atoms with Crippen LogP contribution in [-0.4, -0.2) is 33.6 Å². The molecule has 2 heterocycles. The molecule has 3 rings (SSSR count). The molecule has 1 aliphatic rings. The van der Waals surface area contributed by atoms with Gasteiger partial charge in [-0.3, -0.25) is 0 Å². The Kier molecular flexibility index (Phi) is 2.86. The molecule has 0 saturated carbocycles. The van der Waals surface area contributed by atoms with Crippen LogP contribution in [0.4, 0.5) is 0 Å². The van der Waals surface area contributed by atoms with Crippen molar-refractivity contribution >= 4 is 11.0 Å². The van der Waals surface area contributed by atoms with Crippen LogP contribution in [0.5, 0.6) is 0 Å². The molecule has 1 saturated heterocycles. The van der Waals surface area contributed by atoms with Crippen LogP contribution in [0.25, 0.3) is 11.0 Å². The zero-order chi connectivity index (χ0) is 12.7. The molecular formula is C15H21N3. The van der Waals surface area contributed by atoms with Gasteiger partial charge in [0.05, 0.1) is 11.0 Å². The van der Waals surface area contributed by atoms with E-state index < -0.39 is 0 Å². The normalized spacial score (nSPS) is 21.2. The molecule has 2 aromatic rings. The summed E-state index contributed by atoms with van der Waals surface area (Å²) in [7, 11) is 2.14. The van der Waals surface area contributed by atoms with Crippen molar-refractivity contribution in [2.45, 2.75) is 32.2 Å². The summed E-state index contributed by atoms with van der Waals surface area (Å²) in [6.45, 7) is 6.90. The summed E-state index contributed by atoms with van der Waals surface area (Å²) in [5.41, 5.74) is 2.37. The van der Waals surface area contributed by atoms with E-state index in [2.05, 4.69) is 54.6 Å². The van der Waals surface area contributed by atoms with Crippen LogP contribution in [-0.2, 0) is 7.05 Å². The van der Waals surface area contributed by atoms with Gasteiger partial charge >= 0.3 is 0 Å². The van der Waals surface area contributed by atoms with E-state index in [0.717, 1.165) is 12.1 Å². The van der Waals surface area contributed by atoms with Gasteiger partial charge in [-0.15, -0.1) is 0 Å².